The van der Waals surface area contributed by atoms with E-state index in [2.05, 4.69) is 0 Å². The Hall–Kier alpha value is -0.570. The SMILES string of the molecule is O=C(CC1CCCCCC1)N1CC2CCC(O)C2C1. The van der Waals surface area contributed by atoms with E-state index in [9.17, 15) is 9.90 Å². The fourth-order valence-corrected chi connectivity index (χ4v) is 4.38. The summed E-state index contributed by atoms with van der Waals surface area (Å²) in [5.41, 5.74) is 0. The normalized spacial score (nSPS) is 36.3. The average molecular weight is 265 g/mol. The zero-order chi connectivity index (χ0) is 13.2. The molecule has 0 bridgehead atoms. The van der Waals surface area contributed by atoms with Crippen LogP contribution in [0, 0.1) is 17.8 Å². The molecule has 3 nitrogen and oxygen atoms in total. The molecule has 3 aliphatic rings. The highest BCUT2D eigenvalue weighted by atomic mass is 16.3. The highest BCUT2D eigenvalue weighted by molar-refractivity contribution is 5.76. The lowest BCUT2D eigenvalue weighted by Crippen LogP contribution is -2.32. The van der Waals surface area contributed by atoms with Crippen LogP contribution in [0.3, 0.4) is 0 Å². The third-order valence-electron chi connectivity index (χ3n) is 5.61. The van der Waals surface area contributed by atoms with E-state index in [-0.39, 0.29) is 6.10 Å². The van der Waals surface area contributed by atoms with E-state index < -0.39 is 0 Å². The van der Waals surface area contributed by atoms with E-state index in [1.807, 2.05) is 4.90 Å². The van der Waals surface area contributed by atoms with Gasteiger partial charge in [0.2, 0.25) is 5.91 Å². The first-order chi connectivity index (χ1) is 9.24. The molecule has 2 saturated carbocycles. The van der Waals surface area contributed by atoms with Crippen molar-refractivity contribution < 1.29 is 9.90 Å². The summed E-state index contributed by atoms with van der Waals surface area (Å²) in [6, 6.07) is 0. The van der Waals surface area contributed by atoms with Crippen LogP contribution in [0.1, 0.15) is 57.8 Å². The van der Waals surface area contributed by atoms with Crippen molar-refractivity contribution in [1.29, 1.82) is 0 Å². The number of rotatable bonds is 2. The Morgan fingerprint density at radius 2 is 1.74 bits per heavy atom. The van der Waals surface area contributed by atoms with Crippen LogP contribution in [0.4, 0.5) is 0 Å². The molecule has 0 aromatic rings. The van der Waals surface area contributed by atoms with E-state index in [0.29, 0.717) is 23.7 Å². The van der Waals surface area contributed by atoms with Crippen LogP contribution in [0.2, 0.25) is 0 Å². The first-order valence-electron chi connectivity index (χ1n) is 8.20. The smallest absolute Gasteiger partial charge is 0.222 e. The van der Waals surface area contributed by atoms with E-state index in [4.69, 9.17) is 0 Å². The minimum absolute atomic E-state index is 0.152. The number of hydrogen-bond donors (Lipinski definition) is 1. The van der Waals surface area contributed by atoms with Gasteiger partial charge in [0, 0.05) is 25.4 Å². The van der Waals surface area contributed by atoms with E-state index in [0.717, 1.165) is 32.4 Å². The Morgan fingerprint density at radius 1 is 1.00 bits per heavy atom. The van der Waals surface area contributed by atoms with Crippen molar-refractivity contribution in [3.05, 3.63) is 0 Å². The Morgan fingerprint density at radius 3 is 2.42 bits per heavy atom. The predicted molar refractivity (Wildman–Crippen MR) is 74.6 cm³/mol. The summed E-state index contributed by atoms with van der Waals surface area (Å²) in [5.74, 6) is 1.93. The van der Waals surface area contributed by atoms with Gasteiger partial charge in [-0.3, -0.25) is 4.79 Å². The van der Waals surface area contributed by atoms with Gasteiger partial charge in [0.1, 0.15) is 0 Å². The van der Waals surface area contributed by atoms with E-state index >= 15 is 0 Å². The van der Waals surface area contributed by atoms with Crippen molar-refractivity contribution in [1.82, 2.24) is 4.90 Å². The number of carbonyl (C=O) groups excluding carboxylic acids is 1. The number of aliphatic hydroxyl groups excluding tert-OH is 1. The Balaban J connectivity index is 1.51. The maximum Gasteiger partial charge on any atom is 0.222 e. The molecule has 3 unspecified atom stereocenters. The number of amides is 1. The van der Waals surface area contributed by atoms with Gasteiger partial charge in [0.15, 0.2) is 0 Å². The number of likely N-dealkylation sites (tertiary alicyclic amines) is 1. The lowest BCUT2D eigenvalue weighted by atomic mass is 9.96. The molecule has 0 aromatic heterocycles. The van der Waals surface area contributed by atoms with Gasteiger partial charge in [-0.2, -0.15) is 0 Å². The summed E-state index contributed by atoms with van der Waals surface area (Å²) < 4.78 is 0. The second-order valence-corrected chi connectivity index (χ2v) is 6.93. The van der Waals surface area contributed by atoms with Crippen molar-refractivity contribution >= 4 is 5.91 Å². The third-order valence-corrected chi connectivity index (χ3v) is 5.61. The molecule has 3 heteroatoms. The maximum absolute atomic E-state index is 12.4. The lowest BCUT2D eigenvalue weighted by Gasteiger charge is -2.21. The van der Waals surface area contributed by atoms with Crippen LogP contribution in [0.5, 0.6) is 0 Å². The summed E-state index contributed by atoms with van der Waals surface area (Å²) in [4.78, 5) is 14.5. The van der Waals surface area contributed by atoms with Gasteiger partial charge in [-0.05, 0) is 37.5 Å². The molecule has 1 heterocycles. The molecule has 3 atom stereocenters. The molecule has 1 saturated heterocycles. The highest BCUT2D eigenvalue weighted by Gasteiger charge is 2.43. The predicted octanol–water partition coefficient (Wildman–Crippen LogP) is 2.58. The summed E-state index contributed by atoms with van der Waals surface area (Å²) in [6.07, 6.45) is 10.5. The summed E-state index contributed by atoms with van der Waals surface area (Å²) in [6.45, 7) is 1.73. The first kappa shape index (κ1) is 13.4. The third kappa shape index (κ3) is 2.96. The van der Waals surface area contributed by atoms with Crippen molar-refractivity contribution in [3.63, 3.8) is 0 Å². The molecule has 2 aliphatic carbocycles. The van der Waals surface area contributed by atoms with Crippen LogP contribution in [0.15, 0.2) is 0 Å². The van der Waals surface area contributed by atoms with E-state index in [1.165, 1.54) is 38.5 Å². The Labute approximate surface area is 116 Å². The Bertz CT molecular complexity index is 323. The standard InChI is InChI=1S/C16H27NO2/c18-15-8-7-13-10-17(11-14(13)15)16(19)9-12-5-3-1-2-4-6-12/h12-15,18H,1-11H2. The molecule has 108 valence electrons. The van der Waals surface area contributed by atoms with Crippen LogP contribution < -0.4 is 0 Å². The summed E-state index contributed by atoms with van der Waals surface area (Å²) >= 11 is 0. The van der Waals surface area contributed by atoms with Gasteiger partial charge in [0.05, 0.1) is 6.10 Å². The number of nitrogens with zero attached hydrogens (tertiary/aromatic N) is 1. The molecular weight excluding hydrogens is 238 g/mol. The van der Waals surface area contributed by atoms with Crippen molar-refractivity contribution in [2.24, 2.45) is 17.8 Å². The molecule has 1 N–H and O–H groups in total. The topological polar surface area (TPSA) is 40.5 Å². The summed E-state index contributed by atoms with van der Waals surface area (Å²) in [5, 5.41) is 9.92. The molecule has 3 fully saturated rings. The fourth-order valence-electron chi connectivity index (χ4n) is 4.38. The molecule has 3 rings (SSSR count). The average Bonchev–Trinajstić information content (AvgIpc) is 2.86. The Kier molecular flexibility index (Phi) is 4.11. The van der Waals surface area contributed by atoms with Crippen LogP contribution >= 0.6 is 0 Å². The maximum atomic E-state index is 12.4. The van der Waals surface area contributed by atoms with Gasteiger partial charge >= 0.3 is 0 Å². The second-order valence-electron chi connectivity index (χ2n) is 6.93. The van der Waals surface area contributed by atoms with Crippen molar-refractivity contribution in [3.8, 4) is 0 Å². The van der Waals surface area contributed by atoms with Crippen molar-refractivity contribution in [2.45, 2.75) is 63.9 Å². The number of carbonyl (C=O) groups is 1. The molecule has 19 heavy (non-hydrogen) atoms. The molecule has 0 spiro atoms. The highest BCUT2D eigenvalue weighted by Crippen LogP contribution is 2.38. The monoisotopic (exact) mass is 265 g/mol. The molecule has 1 amide bonds. The minimum atomic E-state index is -0.152. The quantitative estimate of drug-likeness (QED) is 0.780. The largest absolute Gasteiger partial charge is 0.393 e. The fraction of sp³-hybridized carbons (Fsp3) is 0.938. The number of hydrogen-bond acceptors (Lipinski definition) is 2. The second kappa shape index (κ2) is 5.82. The molecule has 0 aromatic carbocycles. The van der Waals surface area contributed by atoms with Gasteiger partial charge in [-0.1, -0.05) is 25.7 Å². The van der Waals surface area contributed by atoms with Gasteiger partial charge < -0.3 is 10.0 Å². The van der Waals surface area contributed by atoms with Crippen LogP contribution in [0.25, 0.3) is 0 Å². The van der Waals surface area contributed by atoms with Crippen LogP contribution in [-0.4, -0.2) is 35.1 Å². The van der Waals surface area contributed by atoms with Gasteiger partial charge in [-0.25, -0.2) is 0 Å². The minimum Gasteiger partial charge on any atom is -0.393 e. The molecule has 1 aliphatic heterocycles. The first-order valence-corrected chi connectivity index (χ1v) is 8.20. The zero-order valence-corrected chi connectivity index (χ0v) is 11.9. The van der Waals surface area contributed by atoms with Gasteiger partial charge in [-0.15, -0.1) is 0 Å². The van der Waals surface area contributed by atoms with E-state index in [1.54, 1.807) is 0 Å². The molecule has 0 radical (unpaired) electrons. The van der Waals surface area contributed by atoms with Crippen molar-refractivity contribution in [2.75, 3.05) is 13.1 Å². The summed E-state index contributed by atoms with van der Waals surface area (Å²) in [7, 11) is 0. The molecular formula is C16H27NO2. The van der Waals surface area contributed by atoms with Crippen LogP contribution in [-0.2, 0) is 4.79 Å². The number of aliphatic hydroxyl groups is 1. The lowest BCUT2D eigenvalue weighted by molar-refractivity contribution is -0.131. The van der Waals surface area contributed by atoms with Gasteiger partial charge in [0.25, 0.3) is 0 Å². The number of fused-ring (bicyclic) bond motifs is 1. The zero-order valence-electron chi connectivity index (χ0n) is 11.9.